The van der Waals surface area contributed by atoms with Crippen LogP contribution in [0.5, 0.6) is 0 Å². The standard InChI is InChI=1S/C9H13N3O/c1-2-8(10)6-3-7(5-13)9(11)12-4-6/h3-5,8H,2,10H2,1H3,(H2,11,12). The van der Waals surface area contributed by atoms with E-state index in [2.05, 4.69) is 4.98 Å². The van der Waals surface area contributed by atoms with Gasteiger partial charge in [0, 0.05) is 12.2 Å². The maximum Gasteiger partial charge on any atom is 0.153 e. The number of nitrogens with two attached hydrogens (primary N) is 2. The monoisotopic (exact) mass is 179 g/mol. The zero-order valence-corrected chi connectivity index (χ0v) is 7.53. The number of aromatic nitrogens is 1. The highest BCUT2D eigenvalue weighted by molar-refractivity contribution is 5.81. The van der Waals surface area contributed by atoms with Crippen LogP contribution in [0.15, 0.2) is 12.3 Å². The molecular formula is C9H13N3O. The maximum atomic E-state index is 10.5. The molecule has 0 aromatic carbocycles. The van der Waals surface area contributed by atoms with Crippen LogP contribution in [0.1, 0.15) is 35.3 Å². The number of aldehydes is 1. The van der Waals surface area contributed by atoms with Crippen LogP contribution in [0.25, 0.3) is 0 Å². The highest BCUT2D eigenvalue weighted by Crippen LogP contribution is 2.16. The fourth-order valence-corrected chi connectivity index (χ4v) is 1.04. The van der Waals surface area contributed by atoms with Crippen molar-refractivity contribution in [1.29, 1.82) is 0 Å². The third kappa shape index (κ3) is 2.03. The first-order valence-electron chi connectivity index (χ1n) is 4.15. The second kappa shape index (κ2) is 4.00. The summed E-state index contributed by atoms with van der Waals surface area (Å²) in [5.74, 6) is 0.252. The quantitative estimate of drug-likeness (QED) is 0.675. The van der Waals surface area contributed by atoms with Crippen LogP contribution < -0.4 is 11.5 Å². The first-order chi connectivity index (χ1) is 6.19. The molecule has 1 rings (SSSR count). The molecule has 0 aliphatic carbocycles. The van der Waals surface area contributed by atoms with Gasteiger partial charge in [0.1, 0.15) is 5.82 Å². The highest BCUT2D eigenvalue weighted by atomic mass is 16.1. The summed E-state index contributed by atoms with van der Waals surface area (Å²) in [6.45, 7) is 1.97. The summed E-state index contributed by atoms with van der Waals surface area (Å²) >= 11 is 0. The molecule has 0 saturated carbocycles. The van der Waals surface area contributed by atoms with Crippen molar-refractivity contribution >= 4 is 12.1 Å². The molecule has 0 amide bonds. The first kappa shape index (κ1) is 9.67. The summed E-state index contributed by atoms with van der Waals surface area (Å²) in [5.41, 5.74) is 12.5. The molecule has 4 heteroatoms. The molecule has 1 unspecified atom stereocenters. The van der Waals surface area contributed by atoms with Crippen LogP contribution in [0.3, 0.4) is 0 Å². The third-order valence-electron chi connectivity index (χ3n) is 1.97. The molecule has 4 N–H and O–H groups in total. The van der Waals surface area contributed by atoms with Gasteiger partial charge in [-0.2, -0.15) is 0 Å². The fraction of sp³-hybridized carbons (Fsp3) is 0.333. The average molecular weight is 179 g/mol. The van der Waals surface area contributed by atoms with Crippen LogP contribution in [0.2, 0.25) is 0 Å². The SMILES string of the molecule is CCC(N)c1cnc(N)c(C=O)c1. The molecule has 0 radical (unpaired) electrons. The summed E-state index contributed by atoms with van der Waals surface area (Å²) < 4.78 is 0. The molecule has 0 aliphatic rings. The van der Waals surface area contributed by atoms with Gasteiger partial charge in [-0.1, -0.05) is 6.92 Å². The van der Waals surface area contributed by atoms with Crippen molar-refractivity contribution < 1.29 is 4.79 Å². The predicted octanol–water partition coefficient (Wildman–Crippen LogP) is 0.886. The molecule has 0 spiro atoms. The van der Waals surface area contributed by atoms with Gasteiger partial charge in [0.15, 0.2) is 6.29 Å². The third-order valence-corrected chi connectivity index (χ3v) is 1.97. The lowest BCUT2D eigenvalue weighted by atomic mass is 10.1. The Balaban J connectivity index is 3.05. The summed E-state index contributed by atoms with van der Waals surface area (Å²) in [6, 6.07) is 1.61. The van der Waals surface area contributed by atoms with Gasteiger partial charge < -0.3 is 11.5 Å². The van der Waals surface area contributed by atoms with Crippen LogP contribution in [-0.4, -0.2) is 11.3 Å². The lowest BCUT2D eigenvalue weighted by Gasteiger charge is -2.09. The maximum absolute atomic E-state index is 10.5. The highest BCUT2D eigenvalue weighted by Gasteiger charge is 2.06. The van der Waals surface area contributed by atoms with E-state index in [4.69, 9.17) is 11.5 Å². The zero-order valence-electron chi connectivity index (χ0n) is 7.53. The van der Waals surface area contributed by atoms with Gasteiger partial charge in [0.05, 0.1) is 5.56 Å². The van der Waals surface area contributed by atoms with Gasteiger partial charge in [-0.15, -0.1) is 0 Å². The Morgan fingerprint density at radius 2 is 2.38 bits per heavy atom. The van der Waals surface area contributed by atoms with E-state index in [1.165, 1.54) is 0 Å². The van der Waals surface area contributed by atoms with Crippen LogP contribution in [0.4, 0.5) is 5.82 Å². The minimum Gasteiger partial charge on any atom is -0.383 e. The van der Waals surface area contributed by atoms with E-state index in [0.717, 1.165) is 12.0 Å². The Bertz CT molecular complexity index is 312. The van der Waals surface area contributed by atoms with E-state index >= 15 is 0 Å². The number of nitrogen functional groups attached to an aromatic ring is 1. The summed E-state index contributed by atoms with van der Waals surface area (Å²) in [7, 11) is 0. The Labute approximate surface area is 77.0 Å². The second-order valence-corrected chi connectivity index (χ2v) is 2.88. The van der Waals surface area contributed by atoms with Gasteiger partial charge in [-0.05, 0) is 18.1 Å². The average Bonchev–Trinajstić information content (AvgIpc) is 2.17. The van der Waals surface area contributed by atoms with E-state index in [1.54, 1.807) is 12.3 Å². The Hall–Kier alpha value is -1.42. The number of nitrogens with zero attached hydrogens (tertiary/aromatic N) is 1. The van der Waals surface area contributed by atoms with E-state index in [0.29, 0.717) is 11.8 Å². The smallest absolute Gasteiger partial charge is 0.153 e. The zero-order chi connectivity index (χ0) is 9.84. The number of hydrogen-bond acceptors (Lipinski definition) is 4. The summed E-state index contributed by atoms with van der Waals surface area (Å²) in [6.07, 6.45) is 3.11. The van der Waals surface area contributed by atoms with Crippen molar-refractivity contribution in [3.63, 3.8) is 0 Å². The van der Waals surface area contributed by atoms with E-state index in [9.17, 15) is 4.79 Å². The van der Waals surface area contributed by atoms with E-state index < -0.39 is 0 Å². The van der Waals surface area contributed by atoms with Crippen LogP contribution in [0, 0.1) is 0 Å². The van der Waals surface area contributed by atoms with Crippen molar-refractivity contribution in [2.24, 2.45) is 5.73 Å². The van der Waals surface area contributed by atoms with Gasteiger partial charge in [0.2, 0.25) is 0 Å². The number of carbonyl (C=O) groups is 1. The second-order valence-electron chi connectivity index (χ2n) is 2.88. The van der Waals surface area contributed by atoms with Crippen LogP contribution in [-0.2, 0) is 0 Å². The molecule has 1 aromatic heterocycles. The minimum atomic E-state index is -0.0770. The fourth-order valence-electron chi connectivity index (χ4n) is 1.04. The van der Waals surface area contributed by atoms with Crippen molar-refractivity contribution in [2.75, 3.05) is 5.73 Å². The van der Waals surface area contributed by atoms with Crippen molar-refractivity contribution in [3.8, 4) is 0 Å². The van der Waals surface area contributed by atoms with Crippen molar-refractivity contribution in [1.82, 2.24) is 4.98 Å². The van der Waals surface area contributed by atoms with Gasteiger partial charge in [0.25, 0.3) is 0 Å². The molecule has 1 aromatic rings. The minimum absolute atomic E-state index is 0.0770. The Kier molecular flexibility index (Phi) is 2.97. The normalized spacial score (nSPS) is 12.5. The van der Waals surface area contributed by atoms with Gasteiger partial charge in [-0.3, -0.25) is 4.79 Å². The molecule has 4 nitrogen and oxygen atoms in total. The topological polar surface area (TPSA) is 82.0 Å². The van der Waals surface area contributed by atoms with Crippen molar-refractivity contribution in [2.45, 2.75) is 19.4 Å². The molecule has 1 heterocycles. The number of carbonyl (C=O) groups excluding carboxylic acids is 1. The molecule has 13 heavy (non-hydrogen) atoms. The molecule has 0 fully saturated rings. The van der Waals surface area contributed by atoms with Gasteiger partial charge in [-0.25, -0.2) is 4.98 Å². The van der Waals surface area contributed by atoms with Crippen molar-refractivity contribution in [3.05, 3.63) is 23.4 Å². The molecule has 1 atom stereocenters. The lowest BCUT2D eigenvalue weighted by Crippen LogP contribution is -2.10. The van der Waals surface area contributed by atoms with E-state index in [1.807, 2.05) is 6.92 Å². The predicted molar refractivity (Wildman–Crippen MR) is 51.3 cm³/mol. The number of hydrogen-bond donors (Lipinski definition) is 2. The van der Waals surface area contributed by atoms with E-state index in [-0.39, 0.29) is 11.9 Å². The van der Waals surface area contributed by atoms with Crippen LogP contribution >= 0.6 is 0 Å². The first-order valence-corrected chi connectivity index (χ1v) is 4.15. The summed E-state index contributed by atoms with van der Waals surface area (Å²) in [4.78, 5) is 14.4. The summed E-state index contributed by atoms with van der Waals surface area (Å²) in [5, 5.41) is 0. The molecule has 0 bridgehead atoms. The Morgan fingerprint density at radius 1 is 1.69 bits per heavy atom. The molecule has 0 saturated heterocycles. The van der Waals surface area contributed by atoms with Gasteiger partial charge >= 0.3 is 0 Å². The number of anilines is 1. The molecule has 70 valence electrons. The molecule has 0 aliphatic heterocycles. The lowest BCUT2D eigenvalue weighted by molar-refractivity contribution is 0.112. The number of pyridine rings is 1. The number of rotatable bonds is 3. The molecular weight excluding hydrogens is 166 g/mol. The largest absolute Gasteiger partial charge is 0.383 e. The Morgan fingerprint density at radius 3 is 2.92 bits per heavy atom.